The highest BCUT2D eigenvalue weighted by molar-refractivity contribution is 7.98. The Labute approximate surface area is 175 Å². The van der Waals surface area contributed by atoms with Crippen LogP contribution in [0.4, 0.5) is 5.82 Å². The highest BCUT2D eigenvalue weighted by Crippen LogP contribution is 2.34. The van der Waals surface area contributed by atoms with Gasteiger partial charge in [-0.25, -0.2) is 9.97 Å². The highest BCUT2D eigenvalue weighted by Gasteiger charge is 2.45. The molecule has 5 rings (SSSR count). The fourth-order valence-corrected chi connectivity index (χ4v) is 5.27. The number of carbonyl (C=O) groups excluding carboxylic acids is 1. The molecule has 1 unspecified atom stereocenters. The molecular formula is C22H26N4O2S. The lowest BCUT2D eigenvalue weighted by atomic mass is 9.98. The molecule has 1 aromatic heterocycles. The largest absolute Gasteiger partial charge is 0.369 e. The number of nitrogens with zero attached hydrogens (tertiary/aromatic N) is 4. The second kappa shape index (κ2) is 7.61. The lowest BCUT2D eigenvalue weighted by Gasteiger charge is -2.41. The lowest BCUT2D eigenvalue weighted by molar-refractivity contribution is -0.151. The molecule has 29 heavy (non-hydrogen) atoms. The minimum atomic E-state index is -0.288. The Morgan fingerprint density at radius 1 is 1.17 bits per heavy atom. The summed E-state index contributed by atoms with van der Waals surface area (Å²) in [7, 11) is 0. The number of aromatic nitrogens is 2. The molecule has 0 N–H and O–H groups in total. The number of hydrogen-bond donors (Lipinski definition) is 0. The fourth-order valence-electron chi connectivity index (χ4n) is 4.92. The van der Waals surface area contributed by atoms with Gasteiger partial charge in [-0.15, -0.1) is 0 Å². The van der Waals surface area contributed by atoms with Crippen LogP contribution in [0.1, 0.15) is 17.5 Å². The van der Waals surface area contributed by atoms with Crippen LogP contribution in [-0.2, 0) is 22.4 Å². The maximum absolute atomic E-state index is 13.3. The van der Waals surface area contributed by atoms with Crippen molar-refractivity contribution in [1.82, 2.24) is 14.9 Å². The number of anilines is 1. The molecule has 7 heteroatoms. The van der Waals surface area contributed by atoms with Gasteiger partial charge in [-0.05, 0) is 42.7 Å². The van der Waals surface area contributed by atoms with Crippen molar-refractivity contribution in [2.75, 3.05) is 43.9 Å². The standard InChI is InChI=1S/C22H26N4O2S/c1-29-21-23-8-6-19(24-21)25-9-7-22(14-25)15-26(10-11-28-22)20(27)18-12-16-4-2-3-5-17(16)13-18/h2-6,8,18H,7,9-15H2,1H3. The average Bonchev–Trinajstić information content (AvgIpc) is 3.38. The van der Waals surface area contributed by atoms with E-state index in [1.807, 2.05) is 18.5 Å². The van der Waals surface area contributed by atoms with Gasteiger partial charge in [0.1, 0.15) is 11.4 Å². The number of morpholine rings is 1. The van der Waals surface area contributed by atoms with E-state index >= 15 is 0 Å². The number of thioether (sulfide) groups is 1. The summed E-state index contributed by atoms with van der Waals surface area (Å²) in [5.74, 6) is 1.31. The van der Waals surface area contributed by atoms with Gasteiger partial charge in [0.05, 0.1) is 19.7 Å². The molecule has 0 radical (unpaired) electrons. The maximum atomic E-state index is 13.3. The third-order valence-electron chi connectivity index (χ3n) is 6.40. The van der Waals surface area contributed by atoms with E-state index in [1.54, 1.807) is 11.8 Å². The van der Waals surface area contributed by atoms with E-state index in [9.17, 15) is 4.79 Å². The zero-order valence-electron chi connectivity index (χ0n) is 16.7. The van der Waals surface area contributed by atoms with Crippen LogP contribution >= 0.6 is 11.8 Å². The van der Waals surface area contributed by atoms with Crippen LogP contribution in [0.3, 0.4) is 0 Å². The van der Waals surface area contributed by atoms with E-state index in [0.29, 0.717) is 19.7 Å². The summed E-state index contributed by atoms with van der Waals surface area (Å²) in [6.45, 7) is 3.64. The van der Waals surface area contributed by atoms with E-state index in [-0.39, 0.29) is 17.4 Å². The van der Waals surface area contributed by atoms with Crippen molar-refractivity contribution >= 4 is 23.5 Å². The van der Waals surface area contributed by atoms with E-state index in [0.717, 1.165) is 43.3 Å². The molecule has 0 bridgehead atoms. The molecule has 1 aliphatic carbocycles. The minimum Gasteiger partial charge on any atom is -0.369 e. The Hall–Kier alpha value is -2.12. The van der Waals surface area contributed by atoms with Crippen LogP contribution in [-0.4, -0.2) is 65.4 Å². The molecule has 1 atom stereocenters. The van der Waals surface area contributed by atoms with Crippen LogP contribution in [0.5, 0.6) is 0 Å². The first-order valence-corrected chi connectivity index (χ1v) is 11.5. The third-order valence-corrected chi connectivity index (χ3v) is 6.96. The van der Waals surface area contributed by atoms with Crippen LogP contribution < -0.4 is 4.90 Å². The number of ether oxygens (including phenoxy) is 1. The summed E-state index contributed by atoms with van der Waals surface area (Å²) >= 11 is 1.55. The van der Waals surface area contributed by atoms with E-state index < -0.39 is 0 Å². The first kappa shape index (κ1) is 18.9. The van der Waals surface area contributed by atoms with E-state index in [4.69, 9.17) is 4.74 Å². The number of hydrogen-bond acceptors (Lipinski definition) is 6. The average molecular weight is 411 g/mol. The van der Waals surface area contributed by atoms with Gasteiger partial charge in [0, 0.05) is 25.2 Å². The quantitative estimate of drug-likeness (QED) is 0.572. The predicted octanol–water partition coefficient (Wildman–Crippen LogP) is 2.42. The molecule has 1 amide bonds. The molecule has 152 valence electrons. The second-order valence-corrected chi connectivity index (χ2v) is 9.01. The van der Waals surface area contributed by atoms with Gasteiger partial charge < -0.3 is 14.5 Å². The summed E-state index contributed by atoms with van der Waals surface area (Å²) in [5, 5.41) is 0.783. The molecule has 1 aromatic carbocycles. The summed E-state index contributed by atoms with van der Waals surface area (Å²) in [6, 6.07) is 10.4. The summed E-state index contributed by atoms with van der Waals surface area (Å²) in [6.07, 6.45) is 6.45. The zero-order valence-corrected chi connectivity index (χ0v) is 17.5. The molecule has 2 aromatic rings. The smallest absolute Gasteiger partial charge is 0.226 e. The Kier molecular flexibility index (Phi) is 4.95. The van der Waals surface area contributed by atoms with Crippen LogP contribution in [0.2, 0.25) is 0 Å². The summed E-state index contributed by atoms with van der Waals surface area (Å²) < 4.78 is 6.26. The first-order valence-electron chi connectivity index (χ1n) is 10.3. The maximum Gasteiger partial charge on any atom is 0.226 e. The zero-order chi connectivity index (χ0) is 19.8. The van der Waals surface area contributed by atoms with Gasteiger partial charge in [-0.3, -0.25) is 4.79 Å². The molecule has 1 spiro atoms. The van der Waals surface area contributed by atoms with Crippen molar-refractivity contribution in [2.45, 2.75) is 30.0 Å². The summed E-state index contributed by atoms with van der Waals surface area (Å²) in [5.41, 5.74) is 2.37. The molecule has 6 nitrogen and oxygen atoms in total. The predicted molar refractivity (Wildman–Crippen MR) is 113 cm³/mol. The Bertz CT molecular complexity index is 898. The number of carbonyl (C=O) groups is 1. The number of fused-ring (bicyclic) bond motifs is 1. The van der Waals surface area contributed by atoms with Crippen LogP contribution in [0, 0.1) is 5.92 Å². The van der Waals surface area contributed by atoms with E-state index in [2.05, 4.69) is 44.0 Å². The molecule has 2 saturated heterocycles. The molecule has 3 aliphatic rings. The van der Waals surface area contributed by atoms with Crippen molar-refractivity contribution in [1.29, 1.82) is 0 Å². The number of amides is 1. The Morgan fingerprint density at radius 2 is 1.97 bits per heavy atom. The normalized spacial score (nSPS) is 24.3. The van der Waals surface area contributed by atoms with Gasteiger partial charge in [0.15, 0.2) is 5.16 Å². The van der Waals surface area contributed by atoms with Crippen LogP contribution in [0.15, 0.2) is 41.7 Å². The molecular weight excluding hydrogens is 384 g/mol. The Morgan fingerprint density at radius 3 is 2.72 bits per heavy atom. The monoisotopic (exact) mass is 410 g/mol. The van der Waals surface area contributed by atoms with Crippen molar-refractivity contribution in [3.63, 3.8) is 0 Å². The number of rotatable bonds is 3. The van der Waals surface area contributed by atoms with Gasteiger partial charge in [0.2, 0.25) is 5.91 Å². The van der Waals surface area contributed by atoms with Crippen molar-refractivity contribution in [3.8, 4) is 0 Å². The molecule has 2 aliphatic heterocycles. The number of benzene rings is 1. The fraction of sp³-hybridized carbons (Fsp3) is 0.500. The SMILES string of the molecule is CSc1nccc(N2CCC3(CN(C(=O)C4Cc5ccccc5C4)CCO3)C2)n1. The van der Waals surface area contributed by atoms with Crippen LogP contribution in [0.25, 0.3) is 0 Å². The third kappa shape index (κ3) is 3.62. The molecule has 3 heterocycles. The topological polar surface area (TPSA) is 58.6 Å². The van der Waals surface area contributed by atoms with Gasteiger partial charge >= 0.3 is 0 Å². The summed E-state index contributed by atoms with van der Waals surface area (Å²) in [4.78, 5) is 26.5. The molecule has 0 saturated carbocycles. The minimum absolute atomic E-state index is 0.0751. The van der Waals surface area contributed by atoms with Crippen molar-refractivity contribution < 1.29 is 9.53 Å². The van der Waals surface area contributed by atoms with Crippen molar-refractivity contribution in [3.05, 3.63) is 47.7 Å². The molecule has 2 fully saturated rings. The highest BCUT2D eigenvalue weighted by atomic mass is 32.2. The Balaban J connectivity index is 1.27. The van der Waals surface area contributed by atoms with E-state index in [1.165, 1.54) is 11.1 Å². The second-order valence-electron chi connectivity index (χ2n) is 8.24. The van der Waals surface area contributed by atoms with Crippen molar-refractivity contribution in [2.24, 2.45) is 5.92 Å². The van der Waals surface area contributed by atoms with Gasteiger partial charge in [0.25, 0.3) is 0 Å². The lowest BCUT2D eigenvalue weighted by Crippen LogP contribution is -2.56. The van der Waals surface area contributed by atoms with Gasteiger partial charge in [-0.1, -0.05) is 36.0 Å². The first-order chi connectivity index (χ1) is 14.2. The van der Waals surface area contributed by atoms with Gasteiger partial charge in [-0.2, -0.15) is 0 Å².